The molecule has 2 aromatic carbocycles. The fraction of sp³-hybridized carbons (Fsp3) is 0.333. The smallest absolute Gasteiger partial charge is 0.115 e. The molecule has 0 aliphatic rings. The second-order valence-electron chi connectivity index (χ2n) is 5.42. The normalized spacial score (nSPS) is 12.6. The maximum Gasteiger partial charge on any atom is 0.115 e. The molecule has 112 valence electrons. The molecule has 3 nitrogen and oxygen atoms in total. The Morgan fingerprint density at radius 3 is 2.43 bits per heavy atom. The standard InChI is InChI=1S/C18H23NO2/c1-3-19(12-15-5-4-6-17(20)11-15)13-18(21)16-9-7-14(2)8-10-16/h4-11,18,20-21H,3,12-13H2,1-2H3. The third-order valence-corrected chi connectivity index (χ3v) is 3.66. The van der Waals surface area contributed by atoms with Crippen LogP contribution in [-0.4, -0.2) is 28.2 Å². The number of aromatic hydroxyl groups is 1. The van der Waals surface area contributed by atoms with Crippen LogP contribution in [0.2, 0.25) is 0 Å². The second-order valence-corrected chi connectivity index (χ2v) is 5.42. The van der Waals surface area contributed by atoms with E-state index in [-0.39, 0.29) is 5.75 Å². The number of nitrogens with zero attached hydrogens (tertiary/aromatic N) is 1. The summed E-state index contributed by atoms with van der Waals surface area (Å²) in [6.07, 6.45) is -0.497. The maximum absolute atomic E-state index is 10.4. The first-order chi connectivity index (χ1) is 10.1. The molecule has 0 amide bonds. The zero-order valence-electron chi connectivity index (χ0n) is 12.7. The van der Waals surface area contributed by atoms with Crippen molar-refractivity contribution in [1.29, 1.82) is 0 Å². The highest BCUT2D eigenvalue weighted by Gasteiger charge is 2.13. The van der Waals surface area contributed by atoms with Crippen molar-refractivity contribution in [2.75, 3.05) is 13.1 Å². The van der Waals surface area contributed by atoms with Gasteiger partial charge in [-0.3, -0.25) is 4.90 Å². The van der Waals surface area contributed by atoms with Crippen LogP contribution in [-0.2, 0) is 6.54 Å². The molecular weight excluding hydrogens is 262 g/mol. The van der Waals surface area contributed by atoms with Crippen LogP contribution in [0.3, 0.4) is 0 Å². The molecule has 0 saturated carbocycles. The van der Waals surface area contributed by atoms with Crippen molar-refractivity contribution in [3.05, 3.63) is 65.2 Å². The molecule has 0 heterocycles. The van der Waals surface area contributed by atoms with Crippen molar-refractivity contribution in [1.82, 2.24) is 4.90 Å². The Kier molecular flexibility index (Phi) is 5.37. The molecule has 0 aliphatic heterocycles. The predicted octanol–water partition coefficient (Wildman–Crippen LogP) is 3.26. The number of hydrogen-bond donors (Lipinski definition) is 2. The van der Waals surface area contributed by atoms with E-state index in [1.807, 2.05) is 43.3 Å². The van der Waals surface area contributed by atoms with Gasteiger partial charge in [-0.2, -0.15) is 0 Å². The van der Waals surface area contributed by atoms with Gasteiger partial charge in [-0.05, 0) is 36.7 Å². The topological polar surface area (TPSA) is 43.7 Å². The summed E-state index contributed by atoms with van der Waals surface area (Å²) in [5.41, 5.74) is 3.18. The van der Waals surface area contributed by atoms with Gasteiger partial charge < -0.3 is 10.2 Å². The number of phenolic OH excluding ortho intramolecular Hbond substituents is 1. The molecule has 0 fully saturated rings. The number of aliphatic hydroxyl groups excluding tert-OH is 1. The maximum atomic E-state index is 10.4. The van der Waals surface area contributed by atoms with E-state index in [0.717, 1.165) is 17.7 Å². The Morgan fingerprint density at radius 1 is 1.10 bits per heavy atom. The molecule has 0 aliphatic carbocycles. The van der Waals surface area contributed by atoms with Crippen LogP contribution < -0.4 is 0 Å². The summed E-state index contributed by atoms with van der Waals surface area (Å²) in [5.74, 6) is 0.280. The van der Waals surface area contributed by atoms with Gasteiger partial charge in [0.1, 0.15) is 5.75 Å². The average molecular weight is 285 g/mol. The number of likely N-dealkylation sites (N-methyl/N-ethyl adjacent to an activating group) is 1. The second kappa shape index (κ2) is 7.25. The van der Waals surface area contributed by atoms with Crippen molar-refractivity contribution in [2.24, 2.45) is 0 Å². The molecule has 2 rings (SSSR count). The van der Waals surface area contributed by atoms with Crippen molar-refractivity contribution >= 4 is 0 Å². The molecule has 0 saturated heterocycles. The lowest BCUT2D eigenvalue weighted by molar-refractivity contribution is 0.112. The first-order valence-electron chi connectivity index (χ1n) is 7.33. The van der Waals surface area contributed by atoms with Gasteiger partial charge in [-0.25, -0.2) is 0 Å². The van der Waals surface area contributed by atoms with Crippen LogP contribution in [0.5, 0.6) is 5.75 Å². The monoisotopic (exact) mass is 285 g/mol. The SMILES string of the molecule is CCN(Cc1cccc(O)c1)CC(O)c1ccc(C)cc1. The van der Waals surface area contributed by atoms with Gasteiger partial charge in [0, 0.05) is 13.1 Å². The van der Waals surface area contributed by atoms with E-state index in [1.165, 1.54) is 5.56 Å². The molecule has 3 heteroatoms. The highest BCUT2D eigenvalue weighted by molar-refractivity contribution is 5.27. The van der Waals surface area contributed by atoms with Crippen LogP contribution in [0, 0.1) is 6.92 Å². The van der Waals surface area contributed by atoms with Crippen molar-refractivity contribution in [2.45, 2.75) is 26.5 Å². The van der Waals surface area contributed by atoms with E-state index >= 15 is 0 Å². The predicted molar refractivity (Wildman–Crippen MR) is 85.2 cm³/mol. The highest BCUT2D eigenvalue weighted by Crippen LogP contribution is 2.18. The molecule has 0 radical (unpaired) electrons. The lowest BCUT2D eigenvalue weighted by Crippen LogP contribution is -2.28. The first kappa shape index (κ1) is 15.5. The van der Waals surface area contributed by atoms with Gasteiger partial charge >= 0.3 is 0 Å². The summed E-state index contributed by atoms with van der Waals surface area (Å²) in [7, 11) is 0. The summed E-state index contributed by atoms with van der Waals surface area (Å²) in [6, 6.07) is 15.2. The van der Waals surface area contributed by atoms with Gasteiger partial charge in [0.05, 0.1) is 6.10 Å². The Labute approximate surface area is 126 Å². The number of hydrogen-bond acceptors (Lipinski definition) is 3. The minimum absolute atomic E-state index is 0.280. The fourth-order valence-electron chi connectivity index (χ4n) is 2.36. The lowest BCUT2D eigenvalue weighted by Gasteiger charge is -2.24. The number of benzene rings is 2. The molecule has 2 N–H and O–H groups in total. The quantitative estimate of drug-likeness (QED) is 0.856. The number of aryl methyl sites for hydroxylation is 1. The van der Waals surface area contributed by atoms with Gasteiger partial charge in [-0.1, -0.05) is 48.9 Å². The molecule has 1 unspecified atom stereocenters. The molecular formula is C18H23NO2. The number of phenols is 1. The Morgan fingerprint density at radius 2 is 1.81 bits per heavy atom. The van der Waals surface area contributed by atoms with Crippen LogP contribution in [0.15, 0.2) is 48.5 Å². The van der Waals surface area contributed by atoms with E-state index in [4.69, 9.17) is 0 Å². The summed E-state index contributed by atoms with van der Waals surface area (Å²) >= 11 is 0. The third kappa shape index (κ3) is 4.59. The summed E-state index contributed by atoms with van der Waals surface area (Å²) in [6.45, 7) is 6.25. The first-order valence-corrected chi connectivity index (χ1v) is 7.33. The molecule has 2 aromatic rings. The van der Waals surface area contributed by atoms with E-state index in [2.05, 4.69) is 11.8 Å². The van der Waals surface area contributed by atoms with E-state index < -0.39 is 6.10 Å². The molecule has 0 aromatic heterocycles. The number of aliphatic hydroxyl groups is 1. The van der Waals surface area contributed by atoms with Gasteiger partial charge in [0.15, 0.2) is 0 Å². The van der Waals surface area contributed by atoms with Crippen LogP contribution >= 0.6 is 0 Å². The van der Waals surface area contributed by atoms with Gasteiger partial charge in [0.25, 0.3) is 0 Å². The Hall–Kier alpha value is -1.84. The summed E-state index contributed by atoms with van der Waals surface area (Å²) in [5, 5.41) is 19.9. The van der Waals surface area contributed by atoms with Crippen LogP contribution in [0.1, 0.15) is 29.7 Å². The minimum atomic E-state index is -0.497. The summed E-state index contributed by atoms with van der Waals surface area (Å²) < 4.78 is 0. The van der Waals surface area contributed by atoms with Crippen molar-refractivity contribution in [3.63, 3.8) is 0 Å². The Balaban J connectivity index is 2.00. The molecule has 0 bridgehead atoms. The summed E-state index contributed by atoms with van der Waals surface area (Å²) in [4.78, 5) is 2.17. The van der Waals surface area contributed by atoms with Crippen LogP contribution in [0.4, 0.5) is 0 Å². The third-order valence-electron chi connectivity index (χ3n) is 3.66. The fourth-order valence-corrected chi connectivity index (χ4v) is 2.36. The van der Waals surface area contributed by atoms with Gasteiger partial charge in [-0.15, -0.1) is 0 Å². The molecule has 21 heavy (non-hydrogen) atoms. The van der Waals surface area contributed by atoms with Crippen molar-refractivity contribution in [3.8, 4) is 5.75 Å². The Bertz CT molecular complexity index is 566. The highest BCUT2D eigenvalue weighted by atomic mass is 16.3. The minimum Gasteiger partial charge on any atom is -0.508 e. The largest absolute Gasteiger partial charge is 0.508 e. The lowest BCUT2D eigenvalue weighted by atomic mass is 10.1. The number of rotatable bonds is 6. The molecule has 1 atom stereocenters. The van der Waals surface area contributed by atoms with Gasteiger partial charge in [0.2, 0.25) is 0 Å². The van der Waals surface area contributed by atoms with E-state index in [9.17, 15) is 10.2 Å². The zero-order chi connectivity index (χ0) is 15.2. The van der Waals surface area contributed by atoms with Crippen molar-refractivity contribution < 1.29 is 10.2 Å². The zero-order valence-corrected chi connectivity index (χ0v) is 12.7. The molecule has 0 spiro atoms. The van der Waals surface area contributed by atoms with E-state index in [1.54, 1.807) is 12.1 Å². The van der Waals surface area contributed by atoms with Crippen LogP contribution in [0.25, 0.3) is 0 Å². The average Bonchev–Trinajstić information content (AvgIpc) is 2.47. The van der Waals surface area contributed by atoms with E-state index in [0.29, 0.717) is 13.1 Å².